The fourth-order valence-corrected chi connectivity index (χ4v) is 1.57. The third kappa shape index (κ3) is 11.3. The van der Waals surface area contributed by atoms with E-state index in [4.69, 9.17) is 14.5 Å². The SMILES string of the molecule is CCOC(=O)C=CC(=O)OC(C)CC(C)(C)OOC(C)(C)C. The molecule has 0 amide bonds. The second-order valence-electron chi connectivity index (χ2n) is 6.58. The van der Waals surface area contributed by atoms with Gasteiger partial charge in [-0.15, -0.1) is 0 Å². The fourth-order valence-electron chi connectivity index (χ4n) is 1.57. The van der Waals surface area contributed by atoms with Crippen LogP contribution in [-0.4, -0.2) is 35.9 Å². The summed E-state index contributed by atoms with van der Waals surface area (Å²) in [4.78, 5) is 33.3. The molecule has 1 atom stereocenters. The third-order valence-electron chi connectivity index (χ3n) is 2.26. The van der Waals surface area contributed by atoms with E-state index in [0.29, 0.717) is 6.42 Å². The largest absolute Gasteiger partial charge is 0.463 e. The molecular weight excluding hydrogens is 288 g/mol. The number of hydrogen-bond donors (Lipinski definition) is 0. The molecule has 6 nitrogen and oxygen atoms in total. The Labute approximate surface area is 132 Å². The maximum absolute atomic E-state index is 11.6. The molecule has 0 N–H and O–H groups in total. The smallest absolute Gasteiger partial charge is 0.331 e. The molecule has 0 aliphatic heterocycles. The topological polar surface area (TPSA) is 71.1 Å². The number of carbonyl (C=O) groups is 2. The molecule has 0 aliphatic carbocycles. The van der Waals surface area contributed by atoms with E-state index >= 15 is 0 Å². The first-order valence-electron chi connectivity index (χ1n) is 7.37. The molecule has 0 aliphatic rings. The Kier molecular flexibility index (Phi) is 8.34. The standard InChI is InChI=1S/C16H28O6/c1-8-19-13(17)9-10-14(18)20-12(2)11-16(6,7)22-21-15(3,4)5/h9-10,12H,8,11H2,1-7H3. The molecule has 0 fully saturated rings. The minimum atomic E-state index is -0.613. The van der Waals surface area contributed by atoms with E-state index in [9.17, 15) is 9.59 Å². The van der Waals surface area contributed by atoms with Crippen molar-refractivity contribution in [3.8, 4) is 0 Å². The Morgan fingerprint density at radius 3 is 2.05 bits per heavy atom. The van der Waals surface area contributed by atoms with Crippen LogP contribution in [-0.2, 0) is 28.8 Å². The molecule has 0 rings (SSSR count). The van der Waals surface area contributed by atoms with Crippen LogP contribution in [0.1, 0.15) is 54.9 Å². The monoisotopic (exact) mass is 316 g/mol. The van der Waals surface area contributed by atoms with Crippen LogP contribution in [0.5, 0.6) is 0 Å². The number of ether oxygens (including phenoxy) is 2. The first-order valence-corrected chi connectivity index (χ1v) is 7.37. The average Bonchev–Trinajstić information content (AvgIpc) is 2.33. The summed E-state index contributed by atoms with van der Waals surface area (Å²) in [6.45, 7) is 13.0. The number of esters is 2. The first kappa shape index (κ1) is 20.6. The lowest BCUT2D eigenvalue weighted by Gasteiger charge is -2.30. The van der Waals surface area contributed by atoms with E-state index in [1.165, 1.54) is 0 Å². The molecular formula is C16H28O6. The fraction of sp³-hybridized carbons (Fsp3) is 0.750. The summed E-state index contributed by atoms with van der Waals surface area (Å²) >= 11 is 0. The Morgan fingerprint density at radius 1 is 1.00 bits per heavy atom. The molecule has 0 aromatic rings. The molecule has 1 unspecified atom stereocenters. The normalized spacial score (nSPS) is 14.0. The van der Waals surface area contributed by atoms with Crippen LogP contribution in [0.25, 0.3) is 0 Å². The van der Waals surface area contributed by atoms with Gasteiger partial charge in [0.1, 0.15) is 11.7 Å². The van der Waals surface area contributed by atoms with Gasteiger partial charge in [-0.3, -0.25) is 0 Å². The van der Waals surface area contributed by atoms with Gasteiger partial charge < -0.3 is 9.47 Å². The molecule has 22 heavy (non-hydrogen) atoms. The van der Waals surface area contributed by atoms with E-state index in [1.54, 1.807) is 13.8 Å². The van der Waals surface area contributed by atoms with Crippen LogP contribution in [0.3, 0.4) is 0 Å². The van der Waals surface area contributed by atoms with Crippen LogP contribution >= 0.6 is 0 Å². The van der Waals surface area contributed by atoms with Crippen molar-refractivity contribution in [2.45, 2.75) is 72.2 Å². The maximum Gasteiger partial charge on any atom is 0.331 e. The van der Waals surface area contributed by atoms with Gasteiger partial charge in [-0.1, -0.05) is 0 Å². The molecule has 0 saturated carbocycles. The summed E-state index contributed by atoms with van der Waals surface area (Å²) in [6, 6.07) is 0. The Bertz CT molecular complexity index is 392. The quantitative estimate of drug-likeness (QED) is 0.297. The highest BCUT2D eigenvalue weighted by molar-refractivity contribution is 5.91. The predicted octanol–water partition coefficient (Wildman–Crippen LogP) is 2.95. The van der Waals surface area contributed by atoms with Crippen LogP contribution in [0.4, 0.5) is 0 Å². The van der Waals surface area contributed by atoms with Crippen LogP contribution in [0.2, 0.25) is 0 Å². The lowest BCUT2D eigenvalue weighted by molar-refractivity contribution is -0.399. The van der Waals surface area contributed by atoms with Gasteiger partial charge in [0.25, 0.3) is 0 Å². The van der Waals surface area contributed by atoms with Crippen molar-refractivity contribution in [2.24, 2.45) is 0 Å². The van der Waals surface area contributed by atoms with Crippen molar-refractivity contribution in [3.05, 3.63) is 12.2 Å². The summed E-state index contributed by atoms with van der Waals surface area (Å²) in [6.07, 6.45) is 2.15. The molecule has 0 heterocycles. The Hall–Kier alpha value is -1.40. The van der Waals surface area contributed by atoms with Gasteiger partial charge in [-0.2, -0.15) is 0 Å². The summed E-state index contributed by atoms with van der Waals surface area (Å²) in [7, 11) is 0. The van der Waals surface area contributed by atoms with Gasteiger partial charge in [0.05, 0.1) is 12.2 Å². The van der Waals surface area contributed by atoms with E-state index in [-0.39, 0.29) is 6.61 Å². The van der Waals surface area contributed by atoms with E-state index in [2.05, 4.69) is 4.74 Å². The lowest BCUT2D eigenvalue weighted by Crippen LogP contribution is -2.34. The van der Waals surface area contributed by atoms with E-state index < -0.39 is 29.2 Å². The molecule has 128 valence electrons. The highest BCUT2D eigenvalue weighted by Gasteiger charge is 2.27. The first-order chi connectivity index (χ1) is 9.95. The second kappa shape index (κ2) is 8.90. The number of rotatable bonds is 8. The van der Waals surface area contributed by atoms with E-state index in [0.717, 1.165) is 12.2 Å². The summed E-state index contributed by atoms with van der Waals surface area (Å²) < 4.78 is 9.85. The summed E-state index contributed by atoms with van der Waals surface area (Å²) in [5, 5.41) is 0. The van der Waals surface area contributed by atoms with Crippen molar-refractivity contribution in [1.29, 1.82) is 0 Å². The van der Waals surface area contributed by atoms with E-state index in [1.807, 2.05) is 34.6 Å². The zero-order valence-corrected chi connectivity index (χ0v) is 14.6. The van der Waals surface area contributed by atoms with Crippen LogP contribution in [0, 0.1) is 0 Å². The zero-order valence-electron chi connectivity index (χ0n) is 14.6. The molecule has 6 heteroatoms. The Balaban J connectivity index is 4.28. The van der Waals surface area contributed by atoms with Gasteiger partial charge in [0.15, 0.2) is 0 Å². The van der Waals surface area contributed by atoms with Crippen molar-refractivity contribution in [1.82, 2.24) is 0 Å². The van der Waals surface area contributed by atoms with Crippen molar-refractivity contribution >= 4 is 11.9 Å². The highest BCUT2D eigenvalue weighted by atomic mass is 17.2. The second-order valence-corrected chi connectivity index (χ2v) is 6.58. The summed E-state index contributed by atoms with van der Waals surface area (Å²) in [5.41, 5.74) is -1.03. The van der Waals surface area contributed by atoms with Gasteiger partial charge in [0.2, 0.25) is 0 Å². The van der Waals surface area contributed by atoms with Gasteiger partial charge in [-0.05, 0) is 48.5 Å². The van der Waals surface area contributed by atoms with Crippen molar-refractivity contribution < 1.29 is 28.8 Å². The molecule has 0 saturated heterocycles. The third-order valence-corrected chi connectivity index (χ3v) is 2.26. The molecule has 0 spiro atoms. The lowest BCUT2D eigenvalue weighted by atomic mass is 10.0. The minimum Gasteiger partial charge on any atom is -0.463 e. The van der Waals surface area contributed by atoms with Crippen LogP contribution < -0.4 is 0 Å². The van der Waals surface area contributed by atoms with Gasteiger partial charge in [-0.25, -0.2) is 19.4 Å². The molecule has 0 aromatic heterocycles. The molecule has 0 radical (unpaired) electrons. The van der Waals surface area contributed by atoms with Gasteiger partial charge in [0, 0.05) is 18.6 Å². The maximum atomic E-state index is 11.6. The van der Waals surface area contributed by atoms with Crippen LogP contribution in [0.15, 0.2) is 12.2 Å². The average molecular weight is 316 g/mol. The predicted molar refractivity (Wildman–Crippen MR) is 81.9 cm³/mol. The van der Waals surface area contributed by atoms with Crippen molar-refractivity contribution in [3.63, 3.8) is 0 Å². The number of carbonyl (C=O) groups excluding carboxylic acids is 2. The van der Waals surface area contributed by atoms with Crippen molar-refractivity contribution in [2.75, 3.05) is 6.61 Å². The summed E-state index contributed by atoms with van der Waals surface area (Å²) in [5.74, 6) is -1.18. The highest BCUT2D eigenvalue weighted by Crippen LogP contribution is 2.22. The minimum absolute atomic E-state index is 0.258. The zero-order chi connectivity index (χ0) is 17.4. The molecule has 0 aromatic carbocycles. The number of hydrogen-bond acceptors (Lipinski definition) is 6. The Morgan fingerprint density at radius 2 is 1.55 bits per heavy atom. The molecule has 0 bridgehead atoms. The van der Waals surface area contributed by atoms with Gasteiger partial charge >= 0.3 is 11.9 Å².